The molecule has 1 aliphatic rings. The molecule has 3 aromatic rings. The van der Waals surface area contributed by atoms with Crippen LogP contribution in [0.15, 0.2) is 78.9 Å². The van der Waals surface area contributed by atoms with Gasteiger partial charge in [-0.3, -0.25) is 4.79 Å². The number of hydrogen-bond acceptors (Lipinski definition) is 2. The number of hydrogen-bond donors (Lipinski definition) is 0. The summed E-state index contributed by atoms with van der Waals surface area (Å²) in [6.45, 7) is 6.66. The highest BCUT2D eigenvalue weighted by Gasteiger charge is 2.47. The highest BCUT2D eigenvalue weighted by atomic mass is 16.5. The highest BCUT2D eigenvalue weighted by Crippen LogP contribution is 2.50. The summed E-state index contributed by atoms with van der Waals surface area (Å²) >= 11 is 0. The minimum atomic E-state index is -0.309. The van der Waals surface area contributed by atoms with Gasteiger partial charge in [0.2, 0.25) is 5.91 Å². The van der Waals surface area contributed by atoms with Gasteiger partial charge < -0.3 is 9.64 Å². The summed E-state index contributed by atoms with van der Waals surface area (Å²) in [6.07, 6.45) is 2.10. The predicted molar refractivity (Wildman–Crippen MR) is 127 cm³/mol. The van der Waals surface area contributed by atoms with Crippen molar-refractivity contribution in [3.63, 3.8) is 0 Å². The number of aryl methyl sites for hydroxylation is 1. The lowest BCUT2D eigenvalue weighted by atomic mass is 9.65. The molecule has 4 rings (SSSR count). The van der Waals surface area contributed by atoms with Gasteiger partial charge >= 0.3 is 0 Å². The van der Waals surface area contributed by atoms with Crippen LogP contribution in [0.25, 0.3) is 0 Å². The van der Waals surface area contributed by atoms with E-state index in [1.54, 1.807) is 7.11 Å². The number of rotatable bonds is 5. The zero-order valence-corrected chi connectivity index (χ0v) is 18.9. The topological polar surface area (TPSA) is 29.5 Å². The van der Waals surface area contributed by atoms with Crippen LogP contribution in [-0.4, -0.2) is 18.6 Å². The van der Waals surface area contributed by atoms with Gasteiger partial charge in [-0.2, -0.15) is 0 Å². The van der Waals surface area contributed by atoms with Crippen molar-refractivity contribution in [1.82, 2.24) is 0 Å². The Hall–Kier alpha value is -3.07. The Bertz CT molecular complexity index is 1060. The van der Waals surface area contributed by atoms with Gasteiger partial charge in [0.15, 0.2) is 0 Å². The van der Waals surface area contributed by atoms with Crippen molar-refractivity contribution >= 4 is 11.6 Å². The monoisotopic (exact) mass is 413 g/mol. The fourth-order valence-corrected chi connectivity index (χ4v) is 5.20. The van der Waals surface area contributed by atoms with Crippen molar-refractivity contribution in [2.24, 2.45) is 0 Å². The van der Waals surface area contributed by atoms with Crippen molar-refractivity contribution < 1.29 is 9.53 Å². The molecule has 1 heterocycles. The van der Waals surface area contributed by atoms with Gasteiger partial charge in [0.25, 0.3) is 0 Å². The summed E-state index contributed by atoms with van der Waals surface area (Å²) in [5.74, 6) is 1.03. The molecule has 1 amide bonds. The fourth-order valence-electron chi connectivity index (χ4n) is 5.20. The largest absolute Gasteiger partial charge is 0.497 e. The number of anilines is 1. The second-order valence-corrected chi connectivity index (χ2v) is 9.28. The van der Waals surface area contributed by atoms with E-state index in [0.717, 1.165) is 24.3 Å². The van der Waals surface area contributed by atoms with Crippen LogP contribution in [0.3, 0.4) is 0 Å². The Morgan fingerprint density at radius 1 is 0.903 bits per heavy atom. The van der Waals surface area contributed by atoms with Crippen LogP contribution in [0.4, 0.5) is 5.69 Å². The van der Waals surface area contributed by atoms with Gasteiger partial charge in [-0.05, 0) is 61.6 Å². The number of para-hydroxylation sites is 1. The Balaban J connectivity index is 1.70. The zero-order chi connectivity index (χ0) is 22.1. The molecule has 0 N–H and O–H groups in total. The molecular formula is C28H31NO2. The van der Waals surface area contributed by atoms with Gasteiger partial charge in [0.1, 0.15) is 5.75 Å². The van der Waals surface area contributed by atoms with Crippen LogP contribution in [-0.2, 0) is 16.6 Å². The Morgan fingerprint density at radius 3 is 2.23 bits per heavy atom. The minimum absolute atomic E-state index is 0.179. The lowest BCUT2D eigenvalue weighted by Crippen LogP contribution is -2.55. The number of fused-ring (bicyclic) bond motifs is 1. The van der Waals surface area contributed by atoms with E-state index in [1.807, 2.05) is 41.3 Å². The van der Waals surface area contributed by atoms with E-state index in [4.69, 9.17) is 4.74 Å². The molecule has 3 aromatic carbocycles. The summed E-state index contributed by atoms with van der Waals surface area (Å²) < 4.78 is 5.36. The first-order valence-corrected chi connectivity index (χ1v) is 11.0. The molecule has 160 valence electrons. The van der Waals surface area contributed by atoms with Crippen LogP contribution < -0.4 is 9.64 Å². The number of methoxy groups -OCH3 is 1. The van der Waals surface area contributed by atoms with Crippen LogP contribution in [0, 0.1) is 0 Å². The second-order valence-electron chi connectivity index (χ2n) is 9.28. The normalized spacial score (nSPS) is 19.5. The first-order chi connectivity index (χ1) is 14.8. The van der Waals surface area contributed by atoms with Crippen molar-refractivity contribution in [3.8, 4) is 5.75 Å². The molecule has 3 heteroatoms. The molecule has 0 aromatic heterocycles. The van der Waals surface area contributed by atoms with E-state index in [9.17, 15) is 4.79 Å². The molecule has 3 nitrogen and oxygen atoms in total. The van der Waals surface area contributed by atoms with Crippen molar-refractivity contribution in [2.45, 2.75) is 51.0 Å². The molecule has 0 spiro atoms. The lowest BCUT2D eigenvalue weighted by molar-refractivity contribution is -0.119. The van der Waals surface area contributed by atoms with Gasteiger partial charge in [0, 0.05) is 23.1 Å². The third-order valence-corrected chi connectivity index (χ3v) is 6.58. The molecule has 0 fully saturated rings. The zero-order valence-electron chi connectivity index (χ0n) is 18.9. The summed E-state index contributed by atoms with van der Waals surface area (Å²) in [5.41, 5.74) is 4.16. The fraction of sp³-hybridized carbons (Fsp3) is 0.321. The quantitative estimate of drug-likeness (QED) is 0.502. The molecule has 1 atom stereocenters. The third-order valence-electron chi connectivity index (χ3n) is 6.58. The Labute approximate surface area is 185 Å². The lowest BCUT2D eigenvalue weighted by Gasteiger charge is -2.51. The summed E-state index contributed by atoms with van der Waals surface area (Å²) in [4.78, 5) is 15.5. The first kappa shape index (κ1) is 21.2. The van der Waals surface area contributed by atoms with Crippen LogP contribution in [0.1, 0.15) is 50.3 Å². The molecule has 0 radical (unpaired) electrons. The van der Waals surface area contributed by atoms with Gasteiger partial charge in [-0.15, -0.1) is 0 Å². The average molecular weight is 414 g/mol. The molecule has 31 heavy (non-hydrogen) atoms. The Kier molecular flexibility index (Phi) is 5.62. The molecule has 0 saturated carbocycles. The maximum atomic E-state index is 13.5. The Morgan fingerprint density at radius 2 is 1.55 bits per heavy atom. The van der Waals surface area contributed by atoms with Crippen LogP contribution >= 0.6 is 0 Å². The molecule has 0 aliphatic carbocycles. The summed E-state index contributed by atoms with van der Waals surface area (Å²) in [7, 11) is 1.69. The van der Waals surface area contributed by atoms with Crippen LogP contribution in [0.2, 0.25) is 0 Å². The summed E-state index contributed by atoms with van der Waals surface area (Å²) in [6, 6.07) is 27.0. The van der Waals surface area contributed by atoms with E-state index in [2.05, 4.69) is 63.2 Å². The average Bonchev–Trinajstić information content (AvgIpc) is 2.78. The highest BCUT2D eigenvalue weighted by molar-refractivity contribution is 5.96. The smallest absolute Gasteiger partial charge is 0.227 e. The number of nitrogens with zero attached hydrogens (tertiary/aromatic N) is 1. The van der Waals surface area contributed by atoms with Crippen molar-refractivity contribution in [3.05, 3.63) is 95.6 Å². The predicted octanol–water partition coefficient (Wildman–Crippen LogP) is 6.15. The van der Waals surface area contributed by atoms with Gasteiger partial charge in [0.05, 0.1) is 7.11 Å². The molecule has 0 unspecified atom stereocenters. The molecule has 0 saturated heterocycles. The maximum Gasteiger partial charge on any atom is 0.227 e. The number of amides is 1. The van der Waals surface area contributed by atoms with E-state index in [-0.39, 0.29) is 16.9 Å². The van der Waals surface area contributed by atoms with E-state index >= 15 is 0 Å². The maximum absolute atomic E-state index is 13.5. The van der Waals surface area contributed by atoms with E-state index in [0.29, 0.717) is 6.42 Å². The second kappa shape index (κ2) is 8.22. The van der Waals surface area contributed by atoms with E-state index < -0.39 is 0 Å². The standard InChI is InChI=1S/C28H31NO2/c1-27(2)20-28(3,22-15-17-23(31-4)18-16-22)24-12-8-9-13-25(24)29(27)26(30)19-14-21-10-6-5-7-11-21/h5-13,15-18H,14,19-20H2,1-4H3/t28-/m0/s1. The number of ether oxygens (including phenoxy) is 1. The molecular weight excluding hydrogens is 382 g/mol. The number of carbonyl (C=O) groups excluding carboxylic acids is 1. The van der Waals surface area contributed by atoms with E-state index in [1.165, 1.54) is 16.7 Å². The SMILES string of the molecule is COc1ccc([C@]2(C)CC(C)(C)N(C(=O)CCc3ccccc3)c3ccccc32)cc1. The molecule has 1 aliphatic heterocycles. The van der Waals surface area contributed by atoms with Crippen molar-refractivity contribution in [1.29, 1.82) is 0 Å². The number of carbonyl (C=O) groups is 1. The third kappa shape index (κ3) is 3.97. The first-order valence-electron chi connectivity index (χ1n) is 11.0. The van der Waals surface area contributed by atoms with Gasteiger partial charge in [-0.1, -0.05) is 67.6 Å². The van der Waals surface area contributed by atoms with Gasteiger partial charge in [-0.25, -0.2) is 0 Å². The van der Waals surface area contributed by atoms with Crippen LogP contribution in [0.5, 0.6) is 5.75 Å². The molecule has 0 bridgehead atoms. The summed E-state index contributed by atoms with van der Waals surface area (Å²) in [5, 5.41) is 0. The minimum Gasteiger partial charge on any atom is -0.497 e. The van der Waals surface area contributed by atoms with Crippen molar-refractivity contribution in [2.75, 3.05) is 12.0 Å². The number of benzene rings is 3.